The van der Waals surface area contributed by atoms with Crippen LogP contribution in [0.5, 0.6) is 0 Å². The monoisotopic (exact) mass is 245 g/mol. The first-order valence-electron chi connectivity index (χ1n) is 4.04. The van der Waals surface area contributed by atoms with Gasteiger partial charge >= 0.3 is 0 Å². The molecule has 5 nitrogen and oxygen atoms in total. The molecule has 0 atom stereocenters. The number of sulfonamides is 1. The lowest BCUT2D eigenvalue weighted by Crippen LogP contribution is -2.26. The van der Waals surface area contributed by atoms with Crippen LogP contribution in [-0.4, -0.2) is 36.8 Å². The third kappa shape index (κ3) is 2.31. The Labute approximate surface area is 94.0 Å². The summed E-state index contributed by atoms with van der Waals surface area (Å²) in [5.41, 5.74) is 5.52. The molecule has 1 rings (SSSR count). The predicted octanol–water partition coefficient (Wildman–Crippen LogP) is -0.0339. The number of aromatic nitrogens is 1. The molecule has 0 saturated heterocycles. The largest absolute Gasteiger partial charge is 0.388 e. The summed E-state index contributed by atoms with van der Waals surface area (Å²) in [6.07, 6.45) is 1.45. The lowest BCUT2D eigenvalue weighted by molar-refractivity contribution is 0.520. The Morgan fingerprint density at radius 3 is 2.60 bits per heavy atom. The lowest BCUT2D eigenvalue weighted by Gasteiger charge is -2.13. The van der Waals surface area contributed by atoms with Crippen molar-refractivity contribution in [3.05, 3.63) is 24.0 Å². The summed E-state index contributed by atoms with van der Waals surface area (Å²) in [6.45, 7) is 0. The Hall–Kier alpha value is -1.05. The standard InChI is InChI=1S/C8H11N3O2S2/c1-11(2)15(12,13)6-4-3-5-10-7(6)8(9)14/h3-5H,1-2H3,(H2,9,14). The second-order valence-electron chi connectivity index (χ2n) is 3.00. The Balaban J connectivity index is 3.45. The van der Waals surface area contributed by atoms with Crippen LogP contribution in [0.4, 0.5) is 0 Å². The van der Waals surface area contributed by atoms with Gasteiger partial charge in [-0.15, -0.1) is 0 Å². The molecule has 0 aromatic carbocycles. The van der Waals surface area contributed by atoms with E-state index in [1.54, 1.807) is 0 Å². The molecule has 0 aliphatic rings. The van der Waals surface area contributed by atoms with Gasteiger partial charge in [-0.25, -0.2) is 12.7 Å². The first-order chi connectivity index (χ1) is 6.87. The van der Waals surface area contributed by atoms with Crippen molar-refractivity contribution in [1.29, 1.82) is 0 Å². The average Bonchev–Trinajstić information content (AvgIpc) is 2.17. The molecule has 0 saturated carbocycles. The zero-order valence-corrected chi connectivity index (χ0v) is 9.97. The average molecular weight is 245 g/mol. The molecule has 1 aromatic heterocycles. The van der Waals surface area contributed by atoms with Crippen molar-refractivity contribution in [2.75, 3.05) is 14.1 Å². The van der Waals surface area contributed by atoms with Crippen molar-refractivity contribution >= 4 is 27.2 Å². The zero-order valence-electron chi connectivity index (χ0n) is 8.34. The van der Waals surface area contributed by atoms with E-state index in [-0.39, 0.29) is 15.6 Å². The summed E-state index contributed by atoms with van der Waals surface area (Å²) in [5.74, 6) is 0. The summed E-state index contributed by atoms with van der Waals surface area (Å²) in [4.78, 5) is 3.85. The number of hydrogen-bond acceptors (Lipinski definition) is 4. The van der Waals surface area contributed by atoms with E-state index in [1.807, 2.05) is 0 Å². The Morgan fingerprint density at radius 1 is 1.53 bits per heavy atom. The van der Waals surface area contributed by atoms with Gasteiger partial charge in [0.25, 0.3) is 0 Å². The van der Waals surface area contributed by atoms with Crippen LogP contribution in [-0.2, 0) is 10.0 Å². The topological polar surface area (TPSA) is 76.3 Å². The van der Waals surface area contributed by atoms with Crippen LogP contribution >= 0.6 is 12.2 Å². The third-order valence-corrected chi connectivity index (χ3v) is 3.80. The molecule has 0 amide bonds. The molecule has 0 unspecified atom stereocenters. The van der Waals surface area contributed by atoms with Gasteiger partial charge in [-0.05, 0) is 12.1 Å². The van der Waals surface area contributed by atoms with Gasteiger partial charge in [-0.3, -0.25) is 4.98 Å². The van der Waals surface area contributed by atoms with E-state index >= 15 is 0 Å². The second-order valence-corrected chi connectivity index (χ2v) is 5.56. The molecule has 0 fully saturated rings. The molecule has 7 heteroatoms. The Bertz CT molecular complexity index is 482. The molecule has 1 aromatic rings. The summed E-state index contributed by atoms with van der Waals surface area (Å²) >= 11 is 4.74. The number of rotatable bonds is 3. The highest BCUT2D eigenvalue weighted by Crippen LogP contribution is 2.15. The Kier molecular flexibility index (Phi) is 3.38. The van der Waals surface area contributed by atoms with Gasteiger partial charge in [-0.2, -0.15) is 0 Å². The van der Waals surface area contributed by atoms with E-state index in [2.05, 4.69) is 4.98 Å². The SMILES string of the molecule is CN(C)S(=O)(=O)c1cccnc1C(N)=S. The summed E-state index contributed by atoms with van der Waals surface area (Å²) < 4.78 is 24.7. The Morgan fingerprint density at radius 2 is 2.13 bits per heavy atom. The van der Waals surface area contributed by atoms with E-state index in [4.69, 9.17) is 18.0 Å². The molecule has 15 heavy (non-hydrogen) atoms. The van der Waals surface area contributed by atoms with Crippen LogP contribution in [0.2, 0.25) is 0 Å². The number of nitrogens with two attached hydrogens (primary N) is 1. The van der Waals surface area contributed by atoms with Crippen molar-refractivity contribution in [1.82, 2.24) is 9.29 Å². The molecule has 2 N–H and O–H groups in total. The number of thiocarbonyl (C=S) groups is 1. The summed E-state index contributed by atoms with van der Waals surface area (Å²) in [5, 5.41) is 0. The quantitative estimate of drug-likeness (QED) is 0.757. The number of pyridine rings is 1. The predicted molar refractivity (Wildman–Crippen MR) is 61.0 cm³/mol. The van der Waals surface area contributed by atoms with Crippen LogP contribution in [0.15, 0.2) is 23.2 Å². The molecule has 82 valence electrons. The van der Waals surface area contributed by atoms with Gasteiger partial charge in [0.1, 0.15) is 15.6 Å². The molecule has 1 heterocycles. The minimum Gasteiger partial charge on any atom is -0.388 e. The number of hydrogen-bond donors (Lipinski definition) is 1. The van der Waals surface area contributed by atoms with Crippen molar-refractivity contribution < 1.29 is 8.42 Å². The maximum atomic E-state index is 11.8. The highest BCUT2D eigenvalue weighted by molar-refractivity contribution is 7.89. The third-order valence-electron chi connectivity index (χ3n) is 1.76. The van der Waals surface area contributed by atoms with Crippen LogP contribution in [0.25, 0.3) is 0 Å². The van der Waals surface area contributed by atoms with Gasteiger partial charge < -0.3 is 5.73 Å². The molecule has 0 aliphatic heterocycles. The number of nitrogens with zero attached hydrogens (tertiary/aromatic N) is 2. The van der Waals surface area contributed by atoms with Crippen LogP contribution in [0, 0.1) is 0 Å². The van der Waals surface area contributed by atoms with Crippen LogP contribution in [0.1, 0.15) is 5.69 Å². The highest BCUT2D eigenvalue weighted by Gasteiger charge is 2.22. The first-order valence-corrected chi connectivity index (χ1v) is 5.89. The lowest BCUT2D eigenvalue weighted by atomic mass is 10.3. The fourth-order valence-electron chi connectivity index (χ4n) is 0.980. The smallest absolute Gasteiger partial charge is 0.244 e. The maximum Gasteiger partial charge on any atom is 0.244 e. The molecular weight excluding hydrogens is 234 g/mol. The molecule has 0 bridgehead atoms. The van der Waals surface area contributed by atoms with Crippen molar-refractivity contribution in [2.24, 2.45) is 5.73 Å². The van der Waals surface area contributed by atoms with Crippen molar-refractivity contribution in [3.8, 4) is 0 Å². The molecule has 0 aliphatic carbocycles. The van der Waals surface area contributed by atoms with Crippen LogP contribution in [0.3, 0.4) is 0 Å². The van der Waals surface area contributed by atoms with Gasteiger partial charge in [0.05, 0.1) is 0 Å². The zero-order chi connectivity index (χ0) is 11.6. The van der Waals surface area contributed by atoms with E-state index in [0.717, 1.165) is 4.31 Å². The van der Waals surface area contributed by atoms with Gasteiger partial charge in [0.2, 0.25) is 10.0 Å². The minimum absolute atomic E-state index is 0.0301. The molecule has 0 radical (unpaired) electrons. The van der Waals surface area contributed by atoms with E-state index in [9.17, 15) is 8.42 Å². The minimum atomic E-state index is -3.55. The van der Waals surface area contributed by atoms with Crippen molar-refractivity contribution in [2.45, 2.75) is 4.90 Å². The normalized spacial score (nSPS) is 11.7. The van der Waals surface area contributed by atoms with Gasteiger partial charge in [0.15, 0.2) is 0 Å². The fraction of sp³-hybridized carbons (Fsp3) is 0.250. The van der Waals surface area contributed by atoms with Crippen LogP contribution < -0.4 is 5.73 Å². The second kappa shape index (κ2) is 4.21. The van der Waals surface area contributed by atoms with Gasteiger partial charge in [-0.1, -0.05) is 12.2 Å². The molecule has 0 spiro atoms. The van der Waals surface area contributed by atoms with E-state index in [0.29, 0.717) is 0 Å². The highest BCUT2D eigenvalue weighted by atomic mass is 32.2. The summed E-state index contributed by atoms with van der Waals surface area (Å²) in [7, 11) is -0.677. The first kappa shape index (κ1) is 12.0. The fourth-order valence-corrected chi connectivity index (χ4v) is 2.26. The van der Waals surface area contributed by atoms with Gasteiger partial charge in [0, 0.05) is 20.3 Å². The van der Waals surface area contributed by atoms with Crippen molar-refractivity contribution in [3.63, 3.8) is 0 Å². The van der Waals surface area contributed by atoms with E-state index < -0.39 is 10.0 Å². The maximum absolute atomic E-state index is 11.8. The summed E-state index contributed by atoms with van der Waals surface area (Å²) in [6, 6.07) is 2.95. The van der Waals surface area contributed by atoms with E-state index in [1.165, 1.54) is 32.4 Å². The molecular formula is C8H11N3O2S2.